The second-order valence-corrected chi connectivity index (χ2v) is 5.98. The van der Waals surface area contributed by atoms with Crippen LogP contribution in [0, 0.1) is 5.92 Å². The normalized spacial score (nSPS) is 34.4. The number of fused-ring (bicyclic) bond motifs is 3. The Balaban J connectivity index is 1.87. The van der Waals surface area contributed by atoms with E-state index in [0.717, 1.165) is 31.0 Å². The van der Waals surface area contributed by atoms with E-state index >= 15 is 0 Å². The van der Waals surface area contributed by atoms with Gasteiger partial charge in [0.25, 0.3) is 0 Å². The third-order valence-electron chi connectivity index (χ3n) is 4.85. The highest BCUT2D eigenvalue weighted by molar-refractivity contribution is 5.67. The van der Waals surface area contributed by atoms with Gasteiger partial charge >= 0.3 is 0 Å². The molecule has 1 N–H and O–H groups in total. The van der Waals surface area contributed by atoms with Gasteiger partial charge in [-0.25, -0.2) is 0 Å². The maximum atomic E-state index is 3.54. The van der Waals surface area contributed by atoms with E-state index in [9.17, 15) is 0 Å². The molecule has 1 saturated carbocycles. The molecule has 1 aromatic carbocycles. The van der Waals surface area contributed by atoms with Crippen molar-refractivity contribution in [2.45, 2.75) is 38.3 Å². The number of anilines is 1. The van der Waals surface area contributed by atoms with Crippen molar-refractivity contribution in [1.82, 2.24) is 5.32 Å². The molecule has 0 aromatic heterocycles. The number of rotatable bonds is 0. The Morgan fingerprint density at radius 2 is 2.24 bits per heavy atom. The summed E-state index contributed by atoms with van der Waals surface area (Å²) in [5, 5.41) is 3.54. The molecule has 4 rings (SSSR count). The molecule has 3 atom stereocenters. The summed E-state index contributed by atoms with van der Waals surface area (Å²) in [4.78, 5) is 2.71. The molecular weight excluding hydrogens is 208 g/mol. The lowest BCUT2D eigenvalue weighted by Gasteiger charge is -2.26. The number of para-hydroxylation sites is 1. The van der Waals surface area contributed by atoms with Gasteiger partial charge in [-0.15, -0.1) is 0 Å². The van der Waals surface area contributed by atoms with Crippen molar-refractivity contribution in [2.75, 3.05) is 18.0 Å². The number of benzene rings is 1. The van der Waals surface area contributed by atoms with Crippen LogP contribution in [0.5, 0.6) is 0 Å². The average molecular weight is 228 g/mol. The topological polar surface area (TPSA) is 15.3 Å². The fourth-order valence-electron chi connectivity index (χ4n) is 4.21. The van der Waals surface area contributed by atoms with E-state index in [1.807, 2.05) is 0 Å². The average Bonchev–Trinajstić information content (AvgIpc) is 2.73. The predicted molar refractivity (Wildman–Crippen MR) is 70.4 cm³/mol. The monoisotopic (exact) mass is 228 g/mol. The molecule has 1 fully saturated rings. The summed E-state index contributed by atoms with van der Waals surface area (Å²) in [7, 11) is 0. The molecule has 1 aromatic rings. The molecule has 1 aliphatic carbocycles. The fraction of sp³-hybridized carbons (Fsp3) is 0.600. The summed E-state index contributed by atoms with van der Waals surface area (Å²) in [6.45, 7) is 5.79. The summed E-state index contributed by atoms with van der Waals surface area (Å²) in [6, 6.07) is 7.72. The van der Waals surface area contributed by atoms with Crippen molar-refractivity contribution in [2.24, 2.45) is 5.92 Å². The highest BCUT2D eigenvalue weighted by atomic mass is 15.2. The van der Waals surface area contributed by atoms with E-state index in [1.165, 1.54) is 24.9 Å². The van der Waals surface area contributed by atoms with Crippen molar-refractivity contribution in [1.29, 1.82) is 0 Å². The van der Waals surface area contributed by atoms with Crippen molar-refractivity contribution >= 4 is 5.69 Å². The standard InChI is InChI=1S/C15H20N2/c1-10-7-13-12-4-2-3-11-9-16-5-6-17(15(11)12)14(13)8-10/h2-4,10,13-14,16H,5-9H2,1H3. The van der Waals surface area contributed by atoms with Gasteiger partial charge in [-0.1, -0.05) is 25.1 Å². The molecule has 2 heterocycles. The third kappa shape index (κ3) is 1.30. The smallest absolute Gasteiger partial charge is 0.0451 e. The predicted octanol–water partition coefficient (Wildman–Crippen LogP) is 2.49. The van der Waals surface area contributed by atoms with E-state index < -0.39 is 0 Å². The van der Waals surface area contributed by atoms with Crippen LogP contribution in [-0.2, 0) is 6.54 Å². The Hall–Kier alpha value is -1.02. The van der Waals surface area contributed by atoms with E-state index in [4.69, 9.17) is 0 Å². The lowest BCUT2D eigenvalue weighted by molar-refractivity contribution is 0.560. The molecule has 2 aliphatic heterocycles. The third-order valence-corrected chi connectivity index (χ3v) is 4.85. The highest BCUT2D eigenvalue weighted by Crippen LogP contribution is 2.52. The number of hydrogen-bond acceptors (Lipinski definition) is 2. The first-order valence-electron chi connectivity index (χ1n) is 6.94. The van der Waals surface area contributed by atoms with Gasteiger partial charge in [-0.2, -0.15) is 0 Å². The lowest BCUT2D eigenvalue weighted by Crippen LogP contribution is -2.35. The van der Waals surface area contributed by atoms with Gasteiger partial charge in [0, 0.05) is 37.3 Å². The fourth-order valence-corrected chi connectivity index (χ4v) is 4.21. The van der Waals surface area contributed by atoms with Crippen molar-refractivity contribution in [3.63, 3.8) is 0 Å². The summed E-state index contributed by atoms with van der Waals surface area (Å²) in [6.07, 6.45) is 2.78. The molecule has 2 heteroatoms. The van der Waals surface area contributed by atoms with Crippen LogP contribution in [-0.4, -0.2) is 19.1 Å². The molecule has 0 saturated heterocycles. The maximum absolute atomic E-state index is 3.54. The van der Waals surface area contributed by atoms with Crippen molar-refractivity contribution < 1.29 is 0 Å². The summed E-state index contributed by atoms with van der Waals surface area (Å²) in [5.41, 5.74) is 4.74. The second kappa shape index (κ2) is 3.49. The number of nitrogens with one attached hydrogen (secondary N) is 1. The van der Waals surface area contributed by atoms with Crippen LogP contribution in [0.2, 0.25) is 0 Å². The zero-order chi connectivity index (χ0) is 11.4. The van der Waals surface area contributed by atoms with Crippen molar-refractivity contribution in [3.8, 4) is 0 Å². The minimum atomic E-state index is 0.793. The maximum Gasteiger partial charge on any atom is 0.0451 e. The van der Waals surface area contributed by atoms with Crippen LogP contribution >= 0.6 is 0 Å². The van der Waals surface area contributed by atoms with Crippen LogP contribution in [0.3, 0.4) is 0 Å². The largest absolute Gasteiger partial charge is 0.366 e. The molecule has 90 valence electrons. The van der Waals surface area contributed by atoms with Crippen LogP contribution < -0.4 is 10.2 Å². The van der Waals surface area contributed by atoms with Gasteiger partial charge in [0.15, 0.2) is 0 Å². The zero-order valence-electron chi connectivity index (χ0n) is 10.4. The summed E-state index contributed by atoms with van der Waals surface area (Å²) in [5.74, 6) is 1.72. The Morgan fingerprint density at radius 3 is 3.18 bits per heavy atom. The first-order chi connectivity index (χ1) is 8.34. The van der Waals surface area contributed by atoms with Gasteiger partial charge in [0.05, 0.1) is 0 Å². The van der Waals surface area contributed by atoms with E-state index in [0.29, 0.717) is 0 Å². The zero-order valence-corrected chi connectivity index (χ0v) is 10.4. The minimum Gasteiger partial charge on any atom is -0.366 e. The lowest BCUT2D eigenvalue weighted by atomic mass is 9.95. The molecular formula is C15H20N2. The molecule has 3 aliphatic rings. The first-order valence-corrected chi connectivity index (χ1v) is 6.94. The second-order valence-electron chi connectivity index (χ2n) is 5.98. The Morgan fingerprint density at radius 1 is 1.29 bits per heavy atom. The first kappa shape index (κ1) is 9.95. The van der Waals surface area contributed by atoms with E-state index in [2.05, 4.69) is 35.3 Å². The molecule has 0 radical (unpaired) electrons. The number of nitrogens with zero attached hydrogens (tertiary/aromatic N) is 1. The van der Waals surface area contributed by atoms with Crippen LogP contribution in [0.25, 0.3) is 0 Å². The number of hydrogen-bond donors (Lipinski definition) is 1. The van der Waals surface area contributed by atoms with Crippen LogP contribution in [0.15, 0.2) is 18.2 Å². The minimum absolute atomic E-state index is 0.793. The SMILES string of the molecule is CC1CC2c3cccc4c3N(CCNC4)C2C1. The van der Waals surface area contributed by atoms with Gasteiger partial charge in [0.2, 0.25) is 0 Å². The molecule has 3 unspecified atom stereocenters. The summed E-state index contributed by atoms with van der Waals surface area (Å²) < 4.78 is 0. The van der Waals surface area contributed by atoms with Gasteiger partial charge < -0.3 is 10.2 Å². The quantitative estimate of drug-likeness (QED) is 0.734. The Kier molecular flexibility index (Phi) is 2.04. The van der Waals surface area contributed by atoms with Crippen molar-refractivity contribution in [3.05, 3.63) is 29.3 Å². The van der Waals surface area contributed by atoms with Gasteiger partial charge in [0.1, 0.15) is 0 Å². The highest BCUT2D eigenvalue weighted by Gasteiger charge is 2.44. The molecule has 0 bridgehead atoms. The van der Waals surface area contributed by atoms with Gasteiger partial charge in [-0.3, -0.25) is 0 Å². The molecule has 0 spiro atoms. The van der Waals surface area contributed by atoms with Gasteiger partial charge in [-0.05, 0) is 29.9 Å². The van der Waals surface area contributed by atoms with Crippen LogP contribution in [0.1, 0.15) is 36.8 Å². The Bertz CT molecular complexity index is 454. The molecule has 0 amide bonds. The molecule has 2 nitrogen and oxygen atoms in total. The van der Waals surface area contributed by atoms with Crippen LogP contribution in [0.4, 0.5) is 5.69 Å². The Labute approximate surface area is 103 Å². The van der Waals surface area contributed by atoms with E-state index in [1.54, 1.807) is 11.3 Å². The van der Waals surface area contributed by atoms with E-state index in [-0.39, 0.29) is 0 Å². The summed E-state index contributed by atoms with van der Waals surface area (Å²) >= 11 is 0. The molecule has 17 heavy (non-hydrogen) atoms.